The van der Waals surface area contributed by atoms with Gasteiger partial charge in [-0.25, -0.2) is 18.3 Å². The highest BCUT2D eigenvalue weighted by atomic mass is 19.1. The van der Waals surface area contributed by atoms with Crippen LogP contribution in [-0.2, 0) is 16.3 Å². The Morgan fingerprint density at radius 3 is 2.77 bits per heavy atom. The number of nitrogens with zero attached hydrogens (tertiary/aromatic N) is 2. The van der Waals surface area contributed by atoms with Crippen molar-refractivity contribution in [1.29, 1.82) is 0 Å². The lowest BCUT2D eigenvalue weighted by Gasteiger charge is -2.07. The molecule has 1 aromatic heterocycles. The molecule has 0 fully saturated rings. The summed E-state index contributed by atoms with van der Waals surface area (Å²) in [6, 6.07) is 4.36. The van der Waals surface area contributed by atoms with Gasteiger partial charge in [0.1, 0.15) is 5.82 Å². The van der Waals surface area contributed by atoms with E-state index in [4.69, 9.17) is 9.47 Å². The summed E-state index contributed by atoms with van der Waals surface area (Å²) in [6.07, 6.45) is 2.61. The van der Waals surface area contributed by atoms with Gasteiger partial charge in [-0.1, -0.05) is 0 Å². The zero-order valence-corrected chi connectivity index (χ0v) is 14.2. The average Bonchev–Trinajstić information content (AvgIpc) is 3.03. The van der Waals surface area contributed by atoms with Crippen LogP contribution in [0.3, 0.4) is 0 Å². The molecule has 9 heteroatoms. The van der Waals surface area contributed by atoms with E-state index in [1.165, 1.54) is 23.9 Å². The largest absolute Gasteiger partial charge is 0.468 e. The smallest absolute Gasteiger partial charge is 0.332 e. The maximum atomic E-state index is 13.5. The van der Waals surface area contributed by atoms with Crippen molar-refractivity contribution in [2.75, 3.05) is 6.61 Å². The van der Waals surface area contributed by atoms with Crippen molar-refractivity contribution in [1.82, 2.24) is 15.1 Å². The third-order valence-electron chi connectivity index (χ3n) is 3.05. The fraction of sp³-hybridized carbons (Fsp3) is 0.235. The fourth-order valence-corrected chi connectivity index (χ4v) is 1.92. The highest BCUT2D eigenvalue weighted by Crippen LogP contribution is 2.17. The van der Waals surface area contributed by atoms with Crippen molar-refractivity contribution < 1.29 is 27.8 Å². The molecule has 0 atom stereocenters. The summed E-state index contributed by atoms with van der Waals surface area (Å²) in [6.45, 7) is 3.27. The Labute approximate surface area is 148 Å². The van der Waals surface area contributed by atoms with E-state index >= 15 is 0 Å². The Balaban J connectivity index is 1.94. The molecule has 2 aromatic rings. The number of amides is 1. The van der Waals surface area contributed by atoms with Crippen LogP contribution in [0.5, 0.6) is 5.75 Å². The number of allylic oxidation sites excluding steroid dienone is 1. The Kier molecular flexibility index (Phi) is 6.42. The quantitative estimate of drug-likeness (QED) is 0.602. The number of carbonyl (C=O) groups excluding carboxylic acids is 2. The number of rotatable bonds is 7. The summed E-state index contributed by atoms with van der Waals surface area (Å²) < 4.78 is 37.5. The molecule has 138 valence electrons. The molecule has 2 rings (SSSR count). The van der Waals surface area contributed by atoms with Gasteiger partial charge in [0.15, 0.2) is 24.0 Å². The number of aromatic nitrogens is 2. The Hall–Kier alpha value is -3.23. The highest BCUT2D eigenvalue weighted by molar-refractivity contribution is 5.94. The van der Waals surface area contributed by atoms with Gasteiger partial charge in [0, 0.05) is 24.0 Å². The maximum Gasteiger partial charge on any atom is 0.332 e. The molecule has 0 aliphatic carbocycles. The van der Waals surface area contributed by atoms with E-state index in [1.807, 2.05) is 0 Å². The van der Waals surface area contributed by atoms with E-state index < -0.39 is 23.5 Å². The topological polar surface area (TPSA) is 82.5 Å². The van der Waals surface area contributed by atoms with Crippen LogP contribution in [0.2, 0.25) is 0 Å². The van der Waals surface area contributed by atoms with Crippen LogP contribution in [0.15, 0.2) is 42.2 Å². The second-order valence-corrected chi connectivity index (χ2v) is 5.12. The molecule has 1 heterocycles. The molecule has 0 unspecified atom stereocenters. The van der Waals surface area contributed by atoms with Gasteiger partial charge in [0.25, 0.3) is 5.91 Å². The van der Waals surface area contributed by atoms with Gasteiger partial charge in [-0.3, -0.25) is 4.79 Å². The molecule has 0 bridgehead atoms. The first-order valence-electron chi connectivity index (χ1n) is 7.66. The van der Waals surface area contributed by atoms with Crippen molar-refractivity contribution in [3.05, 3.63) is 59.6 Å². The van der Waals surface area contributed by atoms with Crippen molar-refractivity contribution >= 4 is 11.9 Å². The lowest BCUT2D eigenvalue weighted by Crippen LogP contribution is -2.23. The van der Waals surface area contributed by atoms with Gasteiger partial charge in [-0.05, 0) is 32.0 Å². The number of esters is 1. The van der Waals surface area contributed by atoms with Crippen molar-refractivity contribution in [2.45, 2.75) is 20.6 Å². The average molecular weight is 365 g/mol. The molecule has 1 N–H and O–H groups in total. The summed E-state index contributed by atoms with van der Waals surface area (Å²) in [5, 5.41) is 6.47. The molecule has 0 saturated carbocycles. The molecular formula is C17H17F2N3O4. The zero-order valence-electron chi connectivity index (χ0n) is 14.2. The summed E-state index contributed by atoms with van der Waals surface area (Å²) in [7, 11) is 0. The maximum absolute atomic E-state index is 13.5. The van der Waals surface area contributed by atoms with E-state index in [2.05, 4.69) is 10.4 Å². The van der Waals surface area contributed by atoms with Gasteiger partial charge >= 0.3 is 5.97 Å². The van der Waals surface area contributed by atoms with Crippen LogP contribution < -0.4 is 10.1 Å². The van der Waals surface area contributed by atoms with Crippen LogP contribution >= 0.6 is 0 Å². The number of carbonyl (C=O) groups is 2. The molecule has 7 nitrogen and oxygen atoms in total. The van der Waals surface area contributed by atoms with E-state index in [1.54, 1.807) is 6.92 Å². The molecule has 1 amide bonds. The Morgan fingerprint density at radius 2 is 2.08 bits per heavy atom. The summed E-state index contributed by atoms with van der Waals surface area (Å²) in [4.78, 5) is 23.4. The van der Waals surface area contributed by atoms with Gasteiger partial charge in [0.05, 0.1) is 6.61 Å². The number of nitrogens with one attached hydrogen (secondary N) is 1. The summed E-state index contributed by atoms with van der Waals surface area (Å²) >= 11 is 0. The molecule has 0 aliphatic heterocycles. The van der Waals surface area contributed by atoms with Crippen LogP contribution in [0, 0.1) is 11.6 Å². The fourth-order valence-electron chi connectivity index (χ4n) is 1.92. The number of hydrogen-bond acceptors (Lipinski definition) is 5. The van der Waals surface area contributed by atoms with E-state index in [0.717, 1.165) is 18.2 Å². The van der Waals surface area contributed by atoms with Crippen LogP contribution in [0.1, 0.15) is 24.3 Å². The third-order valence-corrected chi connectivity index (χ3v) is 3.05. The molecule has 26 heavy (non-hydrogen) atoms. The minimum Gasteiger partial charge on any atom is -0.468 e. The molecule has 0 radical (unpaired) electrons. The molecule has 1 aromatic carbocycles. The summed E-state index contributed by atoms with van der Waals surface area (Å²) in [5.74, 6) is -2.78. The third kappa shape index (κ3) is 5.40. The number of hydrogen-bond donors (Lipinski definition) is 1. The van der Waals surface area contributed by atoms with Gasteiger partial charge in [-0.2, -0.15) is 5.10 Å². The van der Waals surface area contributed by atoms with Crippen LogP contribution in [0.4, 0.5) is 8.78 Å². The van der Waals surface area contributed by atoms with E-state index in [-0.39, 0.29) is 24.8 Å². The molecule has 0 spiro atoms. The first-order valence-corrected chi connectivity index (χ1v) is 7.66. The minimum atomic E-state index is -0.838. The molecule has 0 aliphatic rings. The first kappa shape index (κ1) is 19.1. The standard InChI is InChI=1S/C17H17F2N3O4/c1-3-25-16(23)8-11(2)20-17(24)14-6-7-22(21-14)10-26-15-5-4-12(18)9-13(15)19/h4-9H,3,10H2,1-2H3,(H,20,24)/b11-8+. The summed E-state index contributed by atoms with van der Waals surface area (Å²) in [5.41, 5.74) is 0.373. The predicted molar refractivity (Wildman–Crippen MR) is 87.1 cm³/mol. The predicted octanol–water partition coefficient (Wildman–Crippen LogP) is 2.39. The lowest BCUT2D eigenvalue weighted by atomic mass is 10.3. The Morgan fingerprint density at radius 1 is 1.31 bits per heavy atom. The van der Waals surface area contributed by atoms with E-state index in [0.29, 0.717) is 11.8 Å². The first-order chi connectivity index (χ1) is 12.4. The number of halogens is 2. The molecule has 0 saturated heterocycles. The zero-order chi connectivity index (χ0) is 19.1. The minimum absolute atomic E-state index is 0.0739. The van der Waals surface area contributed by atoms with Gasteiger partial charge in [-0.15, -0.1) is 0 Å². The normalized spacial score (nSPS) is 11.2. The van der Waals surface area contributed by atoms with Crippen molar-refractivity contribution in [3.63, 3.8) is 0 Å². The SMILES string of the molecule is CCOC(=O)/C=C(\C)NC(=O)c1ccn(COc2ccc(F)cc2F)n1. The van der Waals surface area contributed by atoms with Gasteiger partial charge < -0.3 is 14.8 Å². The monoisotopic (exact) mass is 365 g/mol. The second kappa shape index (κ2) is 8.75. The second-order valence-electron chi connectivity index (χ2n) is 5.12. The number of ether oxygens (including phenoxy) is 2. The van der Waals surface area contributed by atoms with Crippen LogP contribution in [-0.4, -0.2) is 28.3 Å². The molecular weight excluding hydrogens is 348 g/mol. The Bertz CT molecular complexity index is 833. The van der Waals surface area contributed by atoms with Gasteiger partial charge in [0.2, 0.25) is 0 Å². The highest BCUT2D eigenvalue weighted by Gasteiger charge is 2.11. The number of benzene rings is 1. The van der Waals surface area contributed by atoms with Crippen LogP contribution in [0.25, 0.3) is 0 Å². The van der Waals surface area contributed by atoms with E-state index in [9.17, 15) is 18.4 Å². The lowest BCUT2D eigenvalue weighted by molar-refractivity contribution is -0.137. The van der Waals surface area contributed by atoms with Crippen molar-refractivity contribution in [3.8, 4) is 5.75 Å². The van der Waals surface area contributed by atoms with Crippen molar-refractivity contribution in [2.24, 2.45) is 0 Å².